The summed E-state index contributed by atoms with van der Waals surface area (Å²) in [4.78, 5) is 24.2. The van der Waals surface area contributed by atoms with Crippen molar-refractivity contribution >= 4 is 63.9 Å². The number of fused-ring (bicyclic) bond motifs is 1. The zero-order valence-electron chi connectivity index (χ0n) is 16.1. The molecular formula is C22H11ClF5N2NaO3. The van der Waals surface area contributed by atoms with Crippen molar-refractivity contribution in [2.75, 3.05) is 0 Å². The first-order chi connectivity index (χ1) is 15.5. The van der Waals surface area contributed by atoms with Gasteiger partial charge in [-0.05, 0) is 36.4 Å². The molecule has 0 unspecified atom stereocenters. The summed E-state index contributed by atoms with van der Waals surface area (Å²) < 4.78 is 70.0. The fourth-order valence-electron chi connectivity index (χ4n) is 3.40. The molecule has 1 aromatic heterocycles. The second kappa shape index (κ2) is 9.46. The van der Waals surface area contributed by atoms with Gasteiger partial charge in [0.05, 0.1) is 32.6 Å². The van der Waals surface area contributed by atoms with Crippen LogP contribution >= 0.6 is 11.6 Å². The number of benzene rings is 3. The Labute approximate surface area is 215 Å². The summed E-state index contributed by atoms with van der Waals surface area (Å²) in [7, 11) is 0. The van der Waals surface area contributed by atoms with Crippen molar-refractivity contribution in [3.05, 3.63) is 87.9 Å². The van der Waals surface area contributed by atoms with Gasteiger partial charge >= 0.3 is 41.7 Å². The fourth-order valence-corrected chi connectivity index (χ4v) is 3.66. The van der Waals surface area contributed by atoms with E-state index in [0.29, 0.717) is 10.7 Å². The Morgan fingerprint density at radius 2 is 1.65 bits per heavy atom. The quantitative estimate of drug-likeness (QED) is 0.300. The molecule has 1 N–H and O–H groups in total. The van der Waals surface area contributed by atoms with Crippen LogP contribution in [0.25, 0.3) is 22.2 Å². The van der Waals surface area contributed by atoms with E-state index in [1.54, 1.807) is 0 Å². The third kappa shape index (κ3) is 4.46. The van der Waals surface area contributed by atoms with E-state index < -0.39 is 51.4 Å². The monoisotopic (exact) mass is 504 g/mol. The fraction of sp³-hybridized carbons (Fsp3) is 0.0455. The van der Waals surface area contributed by atoms with Gasteiger partial charge in [-0.25, -0.2) is 13.6 Å². The van der Waals surface area contributed by atoms with Crippen LogP contribution in [0.5, 0.6) is 0 Å². The van der Waals surface area contributed by atoms with Gasteiger partial charge in [0.25, 0.3) is 5.91 Å². The normalized spacial score (nSPS) is 11.4. The second-order valence-corrected chi connectivity index (χ2v) is 7.27. The molecule has 0 spiro atoms. The number of hydrogen-bond acceptors (Lipinski definition) is 3. The summed E-state index contributed by atoms with van der Waals surface area (Å²) in [6.45, 7) is 0. The van der Waals surface area contributed by atoms with Crippen molar-refractivity contribution in [3.63, 3.8) is 0 Å². The first kappa shape index (κ1) is 25.8. The topological polar surface area (TPSA) is 72.2 Å². The number of carbonyl (C=O) groups excluding carboxylic acids is 1. The number of aromatic carboxylic acids is 1. The summed E-state index contributed by atoms with van der Waals surface area (Å²) in [5.74, 6) is -4.83. The van der Waals surface area contributed by atoms with E-state index in [0.717, 1.165) is 36.4 Å². The number of aromatic nitrogens is 2. The number of halogens is 6. The molecule has 0 saturated carbocycles. The SMILES string of the molecule is O=C(O)c1ccc(-c2nn(C(=O)c3c(Cl)cccc3C(F)(F)F)c3cccc(F)c23)cc1F.[NaH]. The number of nitrogens with zero attached hydrogens (tertiary/aromatic N) is 2. The van der Waals surface area contributed by atoms with Crippen LogP contribution in [0.2, 0.25) is 5.02 Å². The van der Waals surface area contributed by atoms with Gasteiger partial charge in [0.15, 0.2) is 0 Å². The minimum atomic E-state index is -4.91. The average Bonchev–Trinajstić information content (AvgIpc) is 3.13. The van der Waals surface area contributed by atoms with Gasteiger partial charge in [-0.15, -0.1) is 0 Å². The average molecular weight is 505 g/mol. The van der Waals surface area contributed by atoms with Gasteiger partial charge in [-0.3, -0.25) is 4.79 Å². The van der Waals surface area contributed by atoms with Crippen molar-refractivity contribution in [1.29, 1.82) is 0 Å². The Kier molecular flexibility index (Phi) is 7.18. The third-order valence-corrected chi connectivity index (χ3v) is 5.17. The number of carboxylic acids is 1. The first-order valence-electron chi connectivity index (χ1n) is 9.11. The maximum absolute atomic E-state index is 14.7. The van der Waals surface area contributed by atoms with E-state index in [1.807, 2.05) is 0 Å². The van der Waals surface area contributed by atoms with Crippen LogP contribution < -0.4 is 0 Å². The first-order valence-corrected chi connectivity index (χ1v) is 9.49. The number of carbonyl (C=O) groups is 2. The molecule has 0 atom stereocenters. The van der Waals surface area contributed by atoms with Gasteiger partial charge in [0, 0.05) is 5.56 Å². The molecule has 0 saturated heterocycles. The van der Waals surface area contributed by atoms with Gasteiger partial charge in [-0.2, -0.15) is 23.0 Å². The number of alkyl halides is 3. The van der Waals surface area contributed by atoms with Crippen LogP contribution in [-0.2, 0) is 6.18 Å². The van der Waals surface area contributed by atoms with Crippen molar-refractivity contribution in [2.45, 2.75) is 6.18 Å². The molecular weight excluding hydrogens is 494 g/mol. The van der Waals surface area contributed by atoms with Crippen LogP contribution in [0.1, 0.15) is 26.3 Å². The van der Waals surface area contributed by atoms with E-state index in [2.05, 4.69) is 5.10 Å². The number of rotatable bonds is 3. The van der Waals surface area contributed by atoms with Crippen LogP contribution in [0.4, 0.5) is 22.0 Å². The minimum absolute atomic E-state index is 0. The Hall–Kier alpha value is -2.79. The Morgan fingerprint density at radius 1 is 0.971 bits per heavy atom. The number of hydrogen-bond donors (Lipinski definition) is 1. The van der Waals surface area contributed by atoms with Crippen molar-refractivity contribution in [1.82, 2.24) is 9.78 Å². The van der Waals surface area contributed by atoms with Gasteiger partial charge in [0.2, 0.25) is 0 Å². The van der Waals surface area contributed by atoms with Crippen LogP contribution in [0, 0.1) is 11.6 Å². The van der Waals surface area contributed by atoms with Crippen LogP contribution in [0.15, 0.2) is 54.6 Å². The number of carboxylic acid groups (broad SMARTS) is 1. The van der Waals surface area contributed by atoms with E-state index in [4.69, 9.17) is 16.7 Å². The standard InChI is InChI=1S/C22H10ClF5N2O3.Na.H/c23-13-4-1-3-12(22(26,27)28)17(13)20(31)30-16-6-2-5-14(24)18(16)19(29-30)10-7-8-11(21(32)33)15(25)9-10;;/h1-9H,(H,32,33);;. The zero-order valence-corrected chi connectivity index (χ0v) is 16.9. The van der Waals surface area contributed by atoms with E-state index >= 15 is 0 Å². The van der Waals surface area contributed by atoms with Gasteiger partial charge < -0.3 is 5.11 Å². The predicted octanol–water partition coefficient (Wildman–Crippen LogP) is 5.39. The van der Waals surface area contributed by atoms with Crippen LogP contribution in [-0.4, -0.2) is 56.3 Å². The van der Waals surface area contributed by atoms with E-state index in [1.165, 1.54) is 12.1 Å². The molecule has 3 aromatic carbocycles. The summed E-state index contributed by atoms with van der Waals surface area (Å²) in [5, 5.41) is 12.2. The second-order valence-electron chi connectivity index (χ2n) is 6.86. The van der Waals surface area contributed by atoms with Gasteiger partial charge in [0.1, 0.15) is 17.3 Å². The van der Waals surface area contributed by atoms with E-state index in [9.17, 15) is 31.5 Å². The van der Waals surface area contributed by atoms with Crippen LogP contribution in [0.3, 0.4) is 0 Å². The molecule has 4 aromatic rings. The predicted molar refractivity (Wildman–Crippen MR) is 115 cm³/mol. The van der Waals surface area contributed by atoms with Crippen molar-refractivity contribution < 1.29 is 36.6 Å². The molecule has 0 aliphatic heterocycles. The molecule has 0 aliphatic carbocycles. The molecule has 5 nitrogen and oxygen atoms in total. The molecule has 0 aliphatic rings. The zero-order chi connectivity index (χ0) is 24.1. The maximum atomic E-state index is 14.7. The summed E-state index contributed by atoms with van der Waals surface area (Å²) in [6.07, 6.45) is -4.91. The molecule has 12 heteroatoms. The summed E-state index contributed by atoms with van der Waals surface area (Å²) >= 11 is 5.91. The Bertz CT molecular complexity index is 1450. The molecule has 34 heavy (non-hydrogen) atoms. The third-order valence-electron chi connectivity index (χ3n) is 4.85. The molecule has 0 amide bonds. The molecule has 170 valence electrons. The van der Waals surface area contributed by atoms with Crippen molar-refractivity contribution in [2.24, 2.45) is 0 Å². The van der Waals surface area contributed by atoms with E-state index in [-0.39, 0.29) is 51.7 Å². The molecule has 4 rings (SSSR count). The molecule has 0 fully saturated rings. The van der Waals surface area contributed by atoms with Gasteiger partial charge in [-0.1, -0.05) is 29.8 Å². The molecule has 0 radical (unpaired) electrons. The van der Waals surface area contributed by atoms with Crippen molar-refractivity contribution in [3.8, 4) is 11.3 Å². The Balaban J connectivity index is 0.00000324. The summed E-state index contributed by atoms with van der Waals surface area (Å²) in [6, 6.07) is 9.15. The molecule has 1 heterocycles. The Morgan fingerprint density at radius 3 is 2.26 bits per heavy atom. The summed E-state index contributed by atoms with van der Waals surface area (Å²) in [5.41, 5.74) is -3.39. The molecule has 0 bridgehead atoms.